The van der Waals surface area contributed by atoms with Crippen molar-refractivity contribution in [3.05, 3.63) is 35.4 Å². The molecule has 0 aromatic heterocycles. The standard InChI is InChI=1S/C16H20N2O3/c1-11(2)10-17-14(19)8-5-9-18-15(20)12-6-3-4-7-13(12)16(18)21/h3-4,6-7,11H,5,8-10H2,1-2H3,(H,17,19). The zero-order valence-corrected chi connectivity index (χ0v) is 12.4. The lowest BCUT2D eigenvalue weighted by Crippen LogP contribution is -2.32. The quantitative estimate of drug-likeness (QED) is 0.812. The molecule has 0 spiro atoms. The molecule has 1 aliphatic heterocycles. The maximum Gasteiger partial charge on any atom is 0.261 e. The minimum absolute atomic E-state index is 0.0414. The maximum absolute atomic E-state index is 12.1. The van der Waals surface area contributed by atoms with Gasteiger partial charge in [0.05, 0.1) is 11.1 Å². The van der Waals surface area contributed by atoms with Crippen molar-refractivity contribution >= 4 is 17.7 Å². The Morgan fingerprint density at radius 3 is 2.24 bits per heavy atom. The first-order valence-corrected chi connectivity index (χ1v) is 7.22. The predicted molar refractivity (Wildman–Crippen MR) is 78.9 cm³/mol. The second-order valence-electron chi connectivity index (χ2n) is 5.61. The van der Waals surface area contributed by atoms with Crippen molar-refractivity contribution in [2.45, 2.75) is 26.7 Å². The summed E-state index contributed by atoms with van der Waals surface area (Å²) in [4.78, 5) is 37.0. The molecule has 2 rings (SSSR count). The average Bonchev–Trinajstić information content (AvgIpc) is 2.70. The second kappa shape index (κ2) is 6.52. The van der Waals surface area contributed by atoms with Gasteiger partial charge >= 0.3 is 0 Å². The van der Waals surface area contributed by atoms with Gasteiger partial charge in [-0.25, -0.2) is 0 Å². The van der Waals surface area contributed by atoms with Gasteiger partial charge in [0, 0.05) is 19.5 Å². The summed E-state index contributed by atoms with van der Waals surface area (Å²) in [5.41, 5.74) is 0.901. The van der Waals surface area contributed by atoms with E-state index in [9.17, 15) is 14.4 Å². The van der Waals surface area contributed by atoms with E-state index in [-0.39, 0.29) is 24.3 Å². The second-order valence-corrected chi connectivity index (χ2v) is 5.61. The number of carbonyl (C=O) groups excluding carboxylic acids is 3. The van der Waals surface area contributed by atoms with E-state index in [4.69, 9.17) is 0 Å². The van der Waals surface area contributed by atoms with Crippen molar-refractivity contribution in [3.8, 4) is 0 Å². The van der Waals surface area contributed by atoms with Crippen LogP contribution in [0.3, 0.4) is 0 Å². The Kier molecular flexibility index (Phi) is 4.73. The molecule has 3 amide bonds. The third-order valence-electron chi connectivity index (χ3n) is 3.37. The van der Waals surface area contributed by atoms with Crippen LogP contribution in [0.1, 0.15) is 47.4 Å². The Bertz CT molecular complexity index is 531. The lowest BCUT2D eigenvalue weighted by atomic mass is 10.1. The van der Waals surface area contributed by atoms with Crippen LogP contribution >= 0.6 is 0 Å². The number of nitrogens with zero attached hydrogens (tertiary/aromatic N) is 1. The molecule has 112 valence electrons. The van der Waals surface area contributed by atoms with Crippen LogP contribution in [0.5, 0.6) is 0 Å². The van der Waals surface area contributed by atoms with Crippen LogP contribution in [-0.4, -0.2) is 35.7 Å². The molecule has 5 nitrogen and oxygen atoms in total. The van der Waals surface area contributed by atoms with Crippen molar-refractivity contribution in [3.63, 3.8) is 0 Å². The largest absolute Gasteiger partial charge is 0.356 e. The molecule has 1 N–H and O–H groups in total. The number of carbonyl (C=O) groups is 3. The number of nitrogens with one attached hydrogen (secondary N) is 1. The fraction of sp³-hybridized carbons (Fsp3) is 0.438. The first-order chi connectivity index (χ1) is 10.0. The molecule has 1 aromatic carbocycles. The molecule has 21 heavy (non-hydrogen) atoms. The molecular weight excluding hydrogens is 268 g/mol. The van der Waals surface area contributed by atoms with Gasteiger partial charge < -0.3 is 5.32 Å². The SMILES string of the molecule is CC(C)CNC(=O)CCCN1C(=O)c2ccccc2C1=O. The Morgan fingerprint density at radius 1 is 1.14 bits per heavy atom. The Labute approximate surface area is 124 Å². The number of rotatable bonds is 6. The van der Waals surface area contributed by atoms with Crippen molar-refractivity contribution in [2.24, 2.45) is 5.92 Å². The monoisotopic (exact) mass is 288 g/mol. The number of benzene rings is 1. The topological polar surface area (TPSA) is 66.5 Å². The average molecular weight is 288 g/mol. The van der Waals surface area contributed by atoms with Crippen molar-refractivity contribution in [2.75, 3.05) is 13.1 Å². The van der Waals surface area contributed by atoms with Crippen LogP contribution in [-0.2, 0) is 4.79 Å². The summed E-state index contributed by atoms with van der Waals surface area (Å²) in [6.45, 7) is 4.98. The lowest BCUT2D eigenvalue weighted by molar-refractivity contribution is -0.121. The zero-order chi connectivity index (χ0) is 15.4. The van der Waals surface area contributed by atoms with Gasteiger partial charge in [-0.15, -0.1) is 0 Å². The number of fused-ring (bicyclic) bond motifs is 1. The van der Waals surface area contributed by atoms with Crippen LogP contribution in [0.15, 0.2) is 24.3 Å². The van der Waals surface area contributed by atoms with Gasteiger partial charge in [0.15, 0.2) is 0 Å². The highest BCUT2D eigenvalue weighted by molar-refractivity contribution is 6.21. The van der Waals surface area contributed by atoms with Crippen molar-refractivity contribution in [1.82, 2.24) is 10.2 Å². The normalized spacial score (nSPS) is 13.8. The molecule has 0 radical (unpaired) electrons. The van der Waals surface area contributed by atoms with E-state index in [2.05, 4.69) is 5.32 Å². The minimum Gasteiger partial charge on any atom is -0.356 e. The van der Waals surface area contributed by atoms with E-state index in [0.29, 0.717) is 36.4 Å². The van der Waals surface area contributed by atoms with E-state index in [1.54, 1.807) is 24.3 Å². The minimum atomic E-state index is -0.266. The number of imide groups is 1. The summed E-state index contributed by atoms with van der Waals surface area (Å²) < 4.78 is 0. The number of hydrogen-bond acceptors (Lipinski definition) is 3. The number of amides is 3. The van der Waals surface area contributed by atoms with E-state index in [1.807, 2.05) is 13.8 Å². The highest BCUT2D eigenvalue weighted by atomic mass is 16.2. The lowest BCUT2D eigenvalue weighted by Gasteiger charge is -2.13. The highest BCUT2D eigenvalue weighted by Crippen LogP contribution is 2.22. The Morgan fingerprint density at radius 2 is 1.71 bits per heavy atom. The molecular formula is C16H20N2O3. The summed E-state index contributed by atoms with van der Waals surface area (Å²) in [5, 5.41) is 2.82. The van der Waals surface area contributed by atoms with E-state index < -0.39 is 0 Å². The summed E-state index contributed by atoms with van der Waals surface area (Å²) >= 11 is 0. The third kappa shape index (κ3) is 3.48. The van der Waals surface area contributed by atoms with E-state index in [0.717, 1.165) is 0 Å². The fourth-order valence-corrected chi connectivity index (χ4v) is 2.25. The molecule has 0 aliphatic carbocycles. The summed E-state index contributed by atoms with van der Waals surface area (Å²) in [5.74, 6) is -0.165. The summed E-state index contributed by atoms with van der Waals surface area (Å²) in [7, 11) is 0. The maximum atomic E-state index is 12.1. The van der Waals surface area contributed by atoms with Crippen LogP contribution in [0.2, 0.25) is 0 Å². The van der Waals surface area contributed by atoms with Gasteiger partial charge in [0.1, 0.15) is 0 Å². The fourth-order valence-electron chi connectivity index (χ4n) is 2.25. The Balaban J connectivity index is 1.84. The van der Waals surface area contributed by atoms with E-state index in [1.165, 1.54) is 4.90 Å². The molecule has 0 unspecified atom stereocenters. The molecule has 0 bridgehead atoms. The van der Waals surface area contributed by atoms with E-state index >= 15 is 0 Å². The molecule has 0 saturated heterocycles. The van der Waals surface area contributed by atoms with Crippen LogP contribution < -0.4 is 5.32 Å². The van der Waals surface area contributed by atoms with Gasteiger partial charge in [0.25, 0.3) is 11.8 Å². The third-order valence-corrected chi connectivity index (χ3v) is 3.37. The number of hydrogen-bond donors (Lipinski definition) is 1. The first-order valence-electron chi connectivity index (χ1n) is 7.22. The molecule has 1 aromatic rings. The van der Waals surface area contributed by atoms with Gasteiger partial charge in [-0.2, -0.15) is 0 Å². The summed E-state index contributed by atoms with van der Waals surface area (Å²) in [6.07, 6.45) is 0.801. The van der Waals surface area contributed by atoms with Crippen LogP contribution in [0.25, 0.3) is 0 Å². The molecule has 0 atom stereocenters. The van der Waals surface area contributed by atoms with Crippen LogP contribution in [0.4, 0.5) is 0 Å². The van der Waals surface area contributed by atoms with Crippen molar-refractivity contribution in [1.29, 1.82) is 0 Å². The molecule has 1 heterocycles. The van der Waals surface area contributed by atoms with Crippen molar-refractivity contribution < 1.29 is 14.4 Å². The zero-order valence-electron chi connectivity index (χ0n) is 12.4. The first kappa shape index (κ1) is 15.2. The molecule has 0 fully saturated rings. The molecule has 1 aliphatic rings. The Hall–Kier alpha value is -2.17. The molecule has 0 saturated carbocycles. The van der Waals surface area contributed by atoms with Crippen LogP contribution in [0, 0.1) is 5.92 Å². The van der Waals surface area contributed by atoms with Gasteiger partial charge in [-0.05, 0) is 24.5 Å². The van der Waals surface area contributed by atoms with Gasteiger partial charge in [0.2, 0.25) is 5.91 Å². The molecule has 5 heteroatoms. The van der Waals surface area contributed by atoms with Gasteiger partial charge in [-0.1, -0.05) is 26.0 Å². The summed E-state index contributed by atoms with van der Waals surface area (Å²) in [6, 6.07) is 6.80. The smallest absolute Gasteiger partial charge is 0.261 e. The van der Waals surface area contributed by atoms with Gasteiger partial charge in [-0.3, -0.25) is 19.3 Å². The highest BCUT2D eigenvalue weighted by Gasteiger charge is 2.34. The predicted octanol–water partition coefficient (Wildman–Crippen LogP) is 1.83.